The zero-order valence-corrected chi connectivity index (χ0v) is 16.0. The second-order valence-corrected chi connectivity index (χ2v) is 7.33. The summed E-state index contributed by atoms with van der Waals surface area (Å²) in [6, 6.07) is 12.8. The van der Waals surface area contributed by atoms with Gasteiger partial charge >= 0.3 is 0 Å². The quantitative estimate of drug-likeness (QED) is 0.471. The van der Waals surface area contributed by atoms with Gasteiger partial charge in [0.2, 0.25) is 0 Å². The van der Waals surface area contributed by atoms with E-state index >= 15 is 0 Å². The van der Waals surface area contributed by atoms with Gasteiger partial charge in [-0.2, -0.15) is 5.10 Å². The van der Waals surface area contributed by atoms with Gasteiger partial charge in [0, 0.05) is 11.8 Å². The molecule has 0 aliphatic carbocycles. The number of para-hydroxylation sites is 1. The Morgan fingerprint density at radius 2 is 1.93 bits per heavy atom. The number of benzene rings is 2. The number of nitro groups is 1. The number of aliphatic imine (C=N–C) groups is 1. The molecule has 0 spiro atoms. The lowest BCUT2D eigenvalue weighted by atomic mass is 10.1. The lowest BCUT2D eigenvalue weighted by molar-refractivity contribution is -0.385. The number of fused-ring (bicyclic) bond motifs is 1. The first-order chi connectivity index (χ1) is 14.0. The van der Waals surface area contributed by atoms with Crippen molar-refractivity contribution in [2.45, 2.75) is 13.0 Å². The summed E-state index contributed by atoms with van der Waals surface area (Å²) in [6.07, 6.45) is 0. The lowest BCUT2D eigenvalue weighted by Crippen LogP contribution is -2.45. The largest absolute Gasteiger partial charge is 0.282 e. The highest BCUT2D eigenvalue weighted by molar-refractivity contribution is 8.14. The number of hydrogen-bond donors (Lipinski definition) is 1. The molecule has 2 heterocycles. The Balaban J connectivity index is 1.56. The predicted molar refractivity (Wildman–Crippen MR) is 110 cm³/mol. The Morgan fingerprint density at radius 3 is 2.59 bits per heavy atom. The smallest absolute Gasteiger partial charge is 0.269 e. The molecular formula is C19H15N5O4S. The van der Waals surface area contributed by atoms with Crippen LogP contribution in [-0.2, 0) is 0 Å². The van der Waals surface area contributed by atoms with Gasteiger partial charge in [-0.25, -0.2) is 4.99 Å². The number of amides is 2. The van der Waals surface area contributed by atoms with Crippen molar-refractivity contribution in [1.29, 1.82) is 0 Å². The highest BCUT2D eigenvalue weighted by Gasteiger charge is 2.44. The number of imide groups is 1. The van der Waals surface area contributed by atoms with Crippen LogP contribution in [-0.4, -0.2) is 44.3 Å². The topological polar surface area (TPSA) is 117 Å². The SMILES string of the molecule is CC(C1=NNC(=Nc2ccccc2)SC1)N1C(=O)c2cccc([N+](=O)[O-])c2C1=O. The highest BCUT2D eigenvalue weighted by atomic mass is 32.2. The van der Waals surface area contributed by atoms with Gasteiger partial charge in [0.1, 0.15) is 5.56 Å². The Kier molecular flexibility index (Phi) is 4.85. The molecular weight excluding hydrogens is 394 g/mol. The molecule has 0 saturated carbocycles. The van der Waals surface area contributed by atoms with Gasteiger partial charge in [-0.3, -0.25) is 30.0 Å². The van der Waals surface area contributed by atoms with Gasteiger partial charge in [0.25, 0.3) is 17.5 Å². The van der Waals surface area contributed by atoms with E-state index in [9.17, 15) is 19.7 Å². The molecule has 9 nitrogen and oxygen atoms in total. The molecule has 2 aromatic rings. The van der Waals surface area contributed by atoms with Gasteiger partial charge < -0.3 is 0 Å². The number of carbonyl (C=O) groups is 2. The van der Waals surface area contributed by atoms with Crippen molar-refractivity contribution in [2.75, 3.05) is 5.75 Å². The van der Waals surface area contributed by atoms with Gasteiger partial charge in [0.05, 0.1) is 27.9 Å². The number of amidine groups is 1. The van der Waals surface area contributed by atoms with Crippen LogP contribution in [0.2, 0.25) is 0 Å². The van der Waals surface area contributed by atoms with E-state index < -0.39 is 22.8 Å². The molecule has 0 fully saturated rings. The summed E-state index contributed by atoms with van der Waals surface area (Å²) < 4.78 is 0. The maximum Gasteiger partial charge on any atom is 0.282 e. The first-order valence-corrected chi connectivity index (χ1v) is 9.70. The minimum Gasteiger partial charge on any atom is -0.269 e. The third-order valence-corrected chi connectivity index (χ3v) is 5.53. The molecule has 0 radical (unpaired) electrons. The normalized spacial score (nSPS) is 18.3. The molecule has 2 aliphatic rings. The second-order valence-electron chi connectivity index (χ2n) is 6.37. The summed E-state index contributed by atoms with van der Waals surface area (Å²) >= 11 is 1.40. The van der Waals surface area contributed by atoms with E-state index in [-0.39, 0.29) is 16.8 Å². The van der Waals surface area contributed by atoms with Crippen LogP contribution in [0.5, 0.6) is 0 Å². The summed E-state index contributed by atoms with van der Waals surface area (Å²) in [4.78, 5) is 41.6. The average Bonchev–Trinajstić information content (AvgIpc) is 2.99. The van der Waals surface area contributed by atoms with Gasteiger partial charge in [-0.05, 0) is 25.1 Å². The summed E-state index contributed by atoms with van der Waals surface area (Å²) in [5, 5.41) is 16.1. The van der Waals surface area contributed by atoms with E-state index in [2.05, 4.69) is 15.5 Å². The molecule has 2 amide bonds. The highest BCUT2D eigenvalue weighted by Crippen LogP contribution is 2.32. The van der Waals surface area contributed by atoms with Crippen molar-refractivity contribution < 1.29 is 14.5 Å². The van der Waals surface area contributed by atoms with Crippen LogP contribution < -0.4 is 5.43 Å². The molecule has 29 heavy (non-hydrogen) atoms. The minimum atomic E-state index is -0.679. The monoisotopic (exact) mass is 409 g/mol. The molecule has 1 N–H and O–H groups in total. The molecule has 1 atom stereocenters. The number of thioether (sulfide) groups is 1. The lowest BCUT2D eigenvalue weighted by Gasteiger charge is -2.26. The van der Waals surface area contributed by atoms with Gasteiger partial charge in [-0.15, -0.1) is 0 Å². The van der Waals surface area contributed by atoms with Gasteiger partial charge in [-0.1, -0.05) is 36.0 Å². The molecule has 0 saturated heterocycles. The zero-order chi connectivity index (χ0) is 20.5. The molecule has 4 rings (SSSR count). The first-order valence-electron chi connectivity index (χ1n) is 8.71. The van der Waals surface area contributed by atoms with E-state index in [0.29, 0.717) is 16.6 Å². The number of rotatable bonds is 4. The molecule has 0 bridgehead atoms. The molecule has 2 aliphatic heterocycles. The molecule has 2 aromatic carbocycles. The minimum absolute atomic E-state index is 0.0411. The average molecular weight is 409 g/mol. The van der Waals surface area contributed by atoms with Crippen LogP contribution >= 0.6 is 11.8 Å². The first kappa shape index (κ1) is 18.8. The third kappa shape index (κ3) is 3.38. The van der Waals surface area contributed by atoms with Crippen molar-refractivity contribution in [3.05, 3.63) is 69.8 Å². The number of nitrogens with zero attached hydrogens (tertiary/aromatic N) is 4. The fourth-order valence-corrected chi connectivity index (χ4v) is 4.03. The Labute approximate surface area is 169 Å². The van der Waals surface area contributed by atoms with Crippen LogP contribution in [0.15, 0.2) is 58.6 Å². The Morgan fingerprint density at radius 1 is 1.17 bits per heavy atom. The summed E-state index contributed by atoms with van der Waals surface area (Å²) in [5.74, 6) is -0.811. The number of hydrogen-bond acceptors (Lipinski definition) is 7. The van der Waals surface area contributed by atoms with Crippen molar-refractivity contribution in [3.8, 4) is 0 Å². The maximum absolute atomic E-state index is 12.8. The Hall–Kier alpha value is -3.53. The van der Waals surface area contributed by atoms with E-state index in [1.807, 2.05) is 30.3 Å². The number of hydrazone groups is 1. The molecule has 146 valence electrons. The van der Waals surface area contributed by atoms with E-state index in [0.717, 1.165) is 10.6 Å². The van der Waals surface area contributed by atoms with Crippen LogP contribution in [0.3, 0.4) is 0 Å². The van der Waals surface area contributed by atoms with Gasteiger partial charge in [0.15, 0.2) is 5.17 Å². The molecule has 10 heteroatoms. The van der Waals surface area contributed by atoms with Crippen molar-refractivity contribution in [3.63, 3.8) is 0 Å². The maximum atomic E-state index is 12.8. The van der Waals surface area contributed by atoms with Crippen molar-refractivity contribution in [1.82, 2.24) is 10.3 Å². The molecule has 0 aromatic heterocycles. The zero-order valence-electron chi connectivity index (χ0n) is 15.2. The van der Waals surface area contributed by atoms with Crippen LogP contribution in [0.1, 0.15) is 27.6 Å². The third-order valence-electron chi connectivity index (χ3n) is 4.63. The van der Waals surface area contributed by atoms with Crippen LogP contribution in [0, 0.1) is 10.1 Å². The molecule has 1 unspecified atom stereocenters. The summed E-state index contributed by atoms with van der Waals surface area (Å²) in [7, 11) is 0. The van der Waals surface area contributed by atoms with E-state index in [1.54, 1.807) is 6.92 Å². The fourth-order valence-electron chi connectivity index (χ4n) is 3.16. The second kappa shape index (κ2) is 7.47. The summed E-state index contributed by atoms with van der Waals surface area (Å²) in [6.45, 7) is 1.67. The number of nitrogens with one attached hydrogen (secondary N) is 1. The fraction of sp³-hybridized carbons (Fsp3) is 0.158. The van der Waals surface area contributed by atoms with Crippen LogP contribution in [0.4, 0.5) is 11.4 Å². The Bertz CT molecular complexity index is 1080. The standard InChI is InChI=1S/C19H15N5O4S/c1-11(14-10-29-19(22-21-14)20-12-6-3-2-4-7-12)23-17(25)13-8-5-9-15(24(27)28)16(13)18(23)26/h2-9,11H,10H2,1H3,(H,20,22). The van der Waals surface area contributed by atoms with Crippen molar-refractivity contribution in [2.24, 2.45) is 10.1 Å². The van der Waals surface area contributed by atoms with E-state index in [1.165, 1.54) is 30.0 Å². The predicted octanol–water partition coefficient (Wildman–Crippen LogP) is 2.96. The summed E-state index contributed by atoms with van der Waals surface area (Å²) in [5.41, 5.74) is 3.70. The van der Waals surface area contributed by atoms with Crippen molar-refractivity contribution >= 4 is 45.8 Å². The van der Waals surface area contributed by atoms with E-state index in [4.69, 9.17) is 0 Å². The van der Waals surface area contributed by atoms with Crippen LogP contribution in [0.25, 0.3) is 0 Å². The number of carbonyl (C=O) groups excluding carboxylic acids is 2. The number of nitro benzene ring substituents is 1.